The summed E-state index contributed by atoms with van der Waals surface area (Å²) in [5.41, 5.74) is 7.03. The van der Waals surface area contributed by atoms with E-state index in [4.69, 9.17) is 5.73 Å². The number of aromatic nitrogens is 2. The third-order valence-corrected chi connectivity index (χ3v) is 4.83. The molecular weight excluding hydrogens is 232 g/mol. The Morgan fingerprint density at radius 1 is 1.53 bits per heavy atom. The Bertz CT molecular complexity index is 499. The van der Waals surface area contributed by atoms with E-state index in [2.05, 4.69) is 23.4 Å². The molecule has 92 valence electrons. The van der Waals surface area contributed by atoms with Crippen LogP contribution in [-0.4, -0.2) is 22.4 Å². The lowest BCUT2D eigenvalue weighted by atomic mass is 10.0. The van der Waals surface area contributed by atoms with Crippen LogP contribution in [0.25, 0.3) is 10.2 Å². The molecule has 3 heterocycles. The van der Waals surface area contributed by atoms with E-state index in [9.17, 15) is 0 Å². The van der Waals surface area contributed by atoms with Gasteiger partial charge in [0.05, 0.1) is 5.69 Å². The third-order valence-electron chi connectivity index (χ3n) is 3.51. The predicted molar refractivity (Wildman–Crippen MR) is 71.3 cm³/mol. The molecule has 5 heteroatoms. The number of piperidine rings is 1. The number of thiophene rings is 1. The molecule has 0 aliphatic carbocycles. The van der Waals surface area contributed by atoms with Crippen LogP contribution in [-0.2, 0) is 7.05 Å². The van der Waals surface area contributed by atoms with Gasteiger partial charge in [-0.2, -0.15) is 5.10 Å². The maximum Gasteiger partial charge on any atom is 0.121 e. The zero-order valence-corrected chi connectivity index (χ0v) is 11.0. The summed E-state index contributed by atoms with van der Waals surface area (Å²) in [5.74, 6) is 0. The molecule has 4 nitrogen and oxygen atoms in total. The molecule has 1 fully saturated rings. The zero-order chi connectivity index (χ0) is 12.0. The molecule has 0 saturated carbocycles. The van der Waals surface area contributed by atoms with Crippen LogP contribution in [0, 0.1) is 6.92 Å². The maximum absolute atomic E-state index is 5.91. The second-order valence-electron chi connectivity index (χ2n) is 4.87. The number of fused-ring (bicyclic) bond motifs is 1. The average molecular weight is 250 g/mol. The van der Waals surface area contributed by atoms with Crippen LogP contribution in [0.5, 0.6) is 0 Å². The number of nitrogens with one attached hydrogen (secondary N) is 1. The molecule has 2 unspecified atom stereocenters. The number of aryl methyl sites for hydroxylation is 2. The van der Waals surface area contributed by atoms with Gasteiger partial charge in [0.25, 0.3) is 0 Å². The van der Waals surface area contributed by atoms with Crippen molar-refractivity contribution < 1.29 is 0 Å². The summed E-state index contributed by atoms with van der Waals surface area (Å²) in [4.78, 5) is 2.69. The van der Waals surface area contributed by atoms with Crippen molar-refractivity contribution in [3.05, 3.63) is 16.6 Å². The summed E-state index contributed by atoms with van der Waals surface area (Å²) in [6.07, 6.45) is 2.25. The quantitative estimate of drug-likeness (QED) is 0.810. The van der Waals surface area contributed by atoms with Gasteiger partial charge in [-0.25, -0.2) is 0 Å². The minimum Gasteiger partial charge on any atom is -0.327 e. The van der Waals surface area contributed by atoms with Crippen LogP contribution in [0.4, 0.5) is 0 Å². The number of nitrogens with two attached hydrogens (primary N) is 1. The Hall–Kier alpha value is -0.910. The maximum atomic E-state index is 5.91. The SMILES string of the molecule is Cc1nn(C)c2sc(C3CCC(N)CN3)cc12. The highest BCUT2D eigenvalue weighted by Crippen LogP contribution is 2.34. The molecule has 3 N–H and O–H groups in total. The molecule has 0 aromatic carbocycles. The van der Waals surface area contributed by atoms with E-state index in [1.165, 1.54) is 15.1 Å². The van der Waals surface area contributed by atoms with Crippen LogP contribution in [0.3, 0.4) is 0 Å². The first-order valence-corrected chi connectivity index (χ1v) is 6.89. The molecule has 0 spiro atoms. The standard InChI is InChI=1S/C12H18N4S/c1-7-9-5-11(17-12(9)16(2)15-7)10-4-3-8(13)6-14-10/h5,8,10,14H,3-4,6,13H2,1-2H3. The highest BCUT2D eigenvalue weighted by atomic mass is 32.1. The molecule has 2 atom stereocenters. The van der Waals surface area contributed by atoms with Crippen molar-refractivity contribution in [2.45, 2.75) is 31.8 Å². The van der Waals surface area contributed by atoms with Crippen LogP contribution < -0.4 is 11.1 Å². The van der Waals surface area contributed by atoms with Crippen molar-refractivity contribution in [1.82, 2.24) is 15.1 Å². The summed E-state index contributed by atoms with van der Waals surface area (Å²) < 4.78 is 1.98. The Morgan fingerprint density at radius 2 is 2.35 bits per heavy atom. The summed E-state index contributed by atoms with van der Waals surface area (Å²) in [6.45, 7) is 3.00. The highest BCUT2D eigenvalue weighted by molar-refractivity contribution is 7.18. The molecule has 17 heavy (non-hydrogen) atoms. The molecular formula is C12H18N4S. The van der Waals surface area contributed by atoms with E-state index >= 15 is 0 Å². The number of hydrogen-bond donors (Lipinski definition) is 2. The molecule has 0 amide bonds. The van der Waals surface area contributed by atoms with Crippen molar-refractivity contribution >= 4 is 21.6 Å². The molecule has 2 aromatic rings. The molecule has 3 rings (SSSR count). The van der Waals surface area contributed by atoms with E-state index in [0.717, 1.165) is 25.1 Å². The van der Waals surface area contributed by atoms with Gasteiger partial charge in [0.1, 0.15) is 4.83 Å². The summed E-state index contributed by atoms with van der Waals surface area (Å²) in [6, 6.07) is 3.09. The second-order valence-corrected chi connectivity index (χ2v) is 5.94. The van der Waals surface area contributed by atoms with Crippen molar-refractivity contribution in [2.24, 2.45) is 12.8 Å². The average Bonchev–Trinajstić information content (AvgIpc) is 2.83. The first kappa shape index (κ1) is 11.2. The smallest absolute Gasteiger partial charge is 0.121 e. The first-order valence-electron chi connectivity index (χ1n) is 6.07. The van der Waals surface area contributed by atoms with Gasteiger partial charge in [-0.05, 0) is 25.8 Å². The Kier molecular flexibility index (Phi) is 2.69. The van der Waals surface area contributed by atoms with Crippen LogP contribution in [0.2, 0.25) is 0 Å². The summed E-state index contributed by atoms with van der Waals surface area (Å²) >= 11 is 1.85. The fraction of sp³-hybridized carbons (Fsp3) is 0.583. The van der Waals surface area contributed by atoms with E-state index in [-0.39, 0.29) is 0 Å². The van der Waals surface area contributed by atoms with E-state index in [1.807, 2.05) is 23.1 Å². The molecule has 1 aliphatic rings. The Balaban J connectivity index is 1.93. The van der Waals surface area contributed by atoms with Gasteiger partial charge in [-0.1, -0.05) is 0 Å². The van der Waals surface area contributed by atoms with E-state index < -0.39 is 0 Å². The third kappa shape index (κ3) is 1.88. The number of hydrogen-bond acceptors (Lipinski definition) is 4. The van der Waals surface area contributed by atoms with Gasteiger partial charge >= 0.3 is 0 Å². The highest BCUT2D eigenvalue weighted by Gasteiger charge is 2.22. The minimum absolute atomic E-state index is 0.323. The first-order chi connectivity index (χ1) is 8.15. The van der Waals surface area contributed by atoms with Gasteiger partial charge in [-0.15, -0.1) is 11.3 Å². The minimum atomic E-state index is 0.323. The fourth-order valence-electron chi connectivity index (χ4n) is 2.52. The van der Waals surface area contributed by atoms with Crippen LogP contribution in [0.1, 0.15) is 29.5 Å². The summed E-state index contributed by atoms with van der Waals surface area (Å²) in [7, 11) is 2.01. The van der Waals surface area contributed by atoms with Gasteiger partial charge in [0, 0.05) is 35.9 Å². The van der Waals surface area contributed by atoms with Crippen molar-refractivity contribution in [1.29, 1.82) is 0 Å². The van der Waals surface area contributed by atoms with Crippen molar-refractivity contribution in [2.75, 3.05) is 6.54 Å². The van der Waals surface area contributed by atoms with Crippen molar-refractivity contribution in [3.8, 4) is 0 Å². The lowest BCUT2D eigenvalue weighted by molar-refractivity contribution is 0.377. The van der Waals surface area contributed by atoms with Gasteiger partial charge in [0.15, 0.2) is 0 Å². The fourth-order valence-corrected chi connectivity index (χ4v) is 3.75. The topological polar surface area (TPSA) is 55.9 Å². The molecule has 2 aromatic heterocycles. The monoisotopic (exact) mass is 250 g/mol. The predicted octanol–water partition coefficient (Wildman–Crippen LogP) is 1.70. The van der Waals surface area contributed by atoms with E-state index in [0.29, 0.717) is 12.1 Å². The lowest BCUT2D eigenvalue weighted by Crippen LogP contribution is -2.40. The molecule has 1 aliphatic heterocycles. The second kappa shape index (κ2) is 4.08. The van der Waals surface area contributed by atoms with E-state index in [1.54, 1.807) is 0 Å². The molecule has 1 saturated heterocycles. The van der Waals surface area contributed by atoms with Gasteiger partial charge < -0.3 is 11.1 Å². The lowest BCUT2D eigenvalue weighted by Gasteiger charge is -2.26. The zero-order valence-electron chi connectivity index (χ0n) is 10.2. The Labute approximate surface area is 105 Å². The molecule has 0 radical (unpaired) electrons. The van der Waals surface area contributed by atoms with Crippen LogP contribution in [0.15, 0.2) is 6.07 Å². The Morgan fingerprint density at radius 3 is 3.00 bits per heavy atom. The van der Waals surface area contributed by atoms with Gasteiger partial charge in [0.2, 0.25) is 0 Å². The largest absolute Gasteiger partial charge is 0.327 e. The normalized spacial score (nSPS) is 25.6. The van der Waals surface area contributed by atoms with Crippen LogP contribution >= 0.6 is 11.3 Å². The summed E-state index contributed by atoms with van der Waals surface area (Å²) in [5, 5.41) is 9.26. The molecule has 0 bridgehead atoms. The number of nitrogens with zero attached hydrogens (tertiary/aromatic N) is 2. The van der Waals surface area contributed by atoms with Gasteiger partial charge in [-0.3, -0.25) is 4.68 Å². The number of rotatable bonds is 1. The van der Waals surface area contributed by atoms with Crippen molar-refractivity contribution in [3.63, 3.8) is 0 Å².